The second-order valence-electron chi connectivity index (χ2n) is 4.60. The van der Waals surface area contributed by atoms with Crippen molar-refractivity contribution in [3.63, 3.8) is 0 Å². The van der Waals surface area contributed by atoms with Crippen LogP contribution in [0.25, 0.3) is 0 Å². The van der Waals surface area contributed by atoms with Crippen molar-refractivity contribution in [3.05, 3.63) is 29.3 Å². The molecule has 0 saturated heterocycles. The van der Waals surface area contributed by atoms with Gasteiger partial charge < -0.3 is 4.74 Å². The minimum absolute atomic E-state index is 0.190. The van der Waals surface area contributed by atoms with Gasteiger partial charge in [-0.25, -0.2) is 13.6 Å². The van der Waals surface area contributed by atoms with E-state index < -0.39 is 28.9 Å². The van der Waals surface area contributed by atoms with E-state index >= 15 is 0 Å². The van der Waals surface area contributed by atoms with Gasteiger partial charge in [0.25, 0.3) is 0 Å². The second kappa shape index (κ2) is 5.12. The van der Waals surface area contributed by atoms with Crippen molar-refractivity contribution in [2.24, 2.45) is 0 Å². The van der Waals surface area contributed by atoms with Gasteiger partial charge in [-0.05, 0) is 26.8 Å². The first-order valence-corrected chi connectivity index (χ1v) is 5.17. The topological polar surface area (TPSA) is 55.4 Å². The van der Waals surface area contributed by atoms with Crippen molar-refractivity contribution < 1.29 is 23.1 Å². The standard InChI is InChI=1S/C12H13F2NO3/c1-12(2,3)18-11(17)15-10-5-8(13)7(6-16)4-9(10)14/h4-6H,1-3H3,(H,15,17). The van der Waals surface area contributed by atoms with Gasteiger partial charge in [-0.15, -0.1) is 0 Å². The van der Waals surface area contributed by atoms with Crippen molar-refractivity contribution in [1.29, 1.82) is 0 Å². The molecule has 0 unspecified atom stereocenters. The molecule has 1 N–H and O–H groups in total. The number of anilines is 1. The Kier molecular flexibility index (Phi) is 4.00. The third kappa shape index (κ3) is 3.80. The van der Waals surface area contributed by atoms with Gasteiger partial charge in [0, 0.05) is 6.07 Å². The molecular weight excluding hydrogens is 244 g/mol. The van der Waals surface area contributed by atoms with Gasteiger partial charge in [0.1, 0.15) is 17.2 Å². The third-order valence-corrected chi connectivity index (χ3v) is 1.85. The maximum absolute atomic E-state index is 13.4. The van der Waals surface area contributed by atoms with Gasteiger partial charge >= 0.3 is 6.09 Å². The predicted octanol–water partition coefficient (Wildman–Crippen LogP) is 3.12. The summed E-state index contributed by atoms with van der Waals surface area (Å²) >= 11 is 0. The molecule has 1 aromatic carbocycles. The lowest BCUT2D eigenvalue weighted by atomic mass is 10.2. The lowest BCUT2D eigenvalue weighted by Gasteiger charge is -2.19. The number of aldehydes is 1. The molecule has 0 fully saturated rings. The number of benzene rings is 1. The monoisotopic (exact) mass is 257 g/mol. The van der Waals surface area contributed by atoms with E-state index in [0.717, 1.165) is 6.07 Å². The van der Waals surface area contributed by atoms with Crippen LogP contribution in [0.5, 0.6) is 0 Å². The number of halogens is 2. The number of carbonyl (C=O) groups is 2. The van der Waals surface area contributed by atoms with Crippen LogP contribution in [0.2, 0.25) is 0 Å². The molecule has 98 valence electrons. The van der Waals surface area contributed by atoms with E-state index in [2.05, 4.69) is 5.32 Å². The van der Waals surface area contributed by atoms with Gasteiger partial charge in [-0.1, -0.05) is 0 Å². The fourth-order valence-electron chi connectivity index (χ4n) is 1.16. The molecule has 0 aliphatic heterocycles. The van der Waals surface area contributed by atoms with Crippen LogP contribution in [0.4, 0.5) is 19.3 Å². The molecule has 0 aromatic heterocycles. The fraction of sp³-hybridized carbons (Fsp3) is 0.333. The molecule has 0 atom stereocenters. The summed E-state index contributed by atoms with van der Waals surface area (Å²) in [6.07, 6.45) is -0.713. The zero-order chi connectivity index (χ0) is 13.9. The van der Waals surface area contributed by atoms with E-state index in [0.29, 0.717) is 6.07 Å². The van der Waals surface area contributed by atoms with Gasteiger partial charge in [-0.3, -0.25) is 10.1 Å². The van der Waals surface area contributed by atoms with Crippen molar-refractivity contribution in [1.82, 2.24) is 0 Å². The number of hydrogen-bond donors (Lipinski definition) is 1. The molecule has 0 aliphatic rings. The molecule has 4 nitrogen and oxygen atoms in total. The summed E-state index contributed by atoms with van der Waals surface area (Å²) < 4.78 is 31.5. The molecule has 0 radical (unpaired) electrons. The number of amides is 1. The van der Waals surface area contributed by atoms with E-state index in [4.69, 9.17) is 4.74 Å². The summed E-state index contributed by atoms with van der Waals surface area (Å²) in [6, 6.07) is 1.43. The smallest absolute Gasteiger partial charge is 0.412 e. The maximum Gasteiger partial charge on any atom is 0.412 e. The minimum atomic E-state index is -0.919. The summed E-state index contributed by atoms with van der Waals surface area (Å²) in [5.41, 5.74) is -1.54. The first-order chi connectivity index (χ1) is 8.23. The highest BCUT2D eigenvalue weighted by Crippen LogP contribution is 2.19. The Labute approximate surface area is 103 Å². The maximum atomic E-state index is 13.4. The van der Waals surface area contributed by atoms with E-state index in [1.165, 1.54) is 0 Å². The second-order valence-corrected chi connectivity index (χ2v) is 4.60. The predicted molar refractivity (Wildman–Crippen MR) is 61.6 cm³/mol. The zero-order valence-corrected chi connectivity index (χ0v) is 10.2. The highest BCUT2D eigenvalue weighted by molar-refractivity contribution is 5.86. The Bertz CT molecular complexity index is 481. The van der Waals surface area contributed by atoms with Crippen LogP contribution in [-0.4, -0.2) is 18.0 Å². The Morgan fingerprint density at radius 3 is 2.39 bits per heavy atom. The first-order valence-electron chi connectivity index (χ1n) is 5.17. The highest BCUT2D eigenvalue weighted by Gasteiger charge is 2.18. The molecule has 1 amide bonds. The quantitative estimate of drug-likeness (QED) is 0.828. The molecular formula is C12H13F2NO3. The third-order valence-electron chi connectivity index (χ3n) is 1.85. The van der Waals surface area contributed by atoms with E-state index in [-0.39, 0.29) is 12.0 Å². The summed E-state index contributed by atoms with van der Waals surface area (Å²) in [4.78, 5) is 21.7. The molecule has 0 saturated carbocycles. The first kappa shape index (κ1) is 14.1. The normalized spacial score (nSPS) is 10.9. The molecule has 1 aromatic rings. The molecule has 18 heavy (non-hydrogen) atoms. The van der Waals surface area contributed by atoms with Gasteiger partial charge in [0.05, 0.1) is 11.3 Å². The summed E-state index contributed by atoms with van der Waals surface area (Å²) in [5.74, 6) is -1.83. The van der Waals surface area contributed by atoms with Crippen LogP contribution in [0, 0.1) is 11.6 Å². The summed E-state index contributed by atoms with van der Waals surface area (Å²) in [5, 5.41) is 2.07. The molecule has 0 aliphatic carbocycles. The molecule has 0 heterocycles. The number of ether oxygens (including phenoxy) is 1. The number of hydrogen-bond acceptors (Lipinski definition) is 3. The molecule has 1 rings (SSSR count). The average Bonchev–Trinajstić information content (AvgIpc) is 2.20. The highest BCUT2D eigenvalue weighted by atomic mass is 19.1. The van der Waals surface area contributed by atoms with E-state index in [1.54, 1.807) is 20.8 Å². The van der Waals surface area contributed by atoms with Crippen LogP contribution in [0.1, 0.15) is 31.1 Å². The number of carbonyl (C=O) groups excluding carboxylic acids is 2. The molecule has 0 bridgehead atoms. The van der Waals surface area contributed by atoms with Crippen LogP contribution >= 0.6 is 0 Å². The van der Waals surface area contributed by atoms with Crippen molar-refractivity contribution >= 4 is 18.1 Å². The summed E-state index contributed by atoms with van der Waals surface area (Å²) in [6.45, 7) is 4.91. The Hall–Kier alpha value is -1.98. The Balaban J connectivity index is 2.89. The van der Waals surface area contributed by atoms with Crippen molar-refractivity contribution in [3.8, 4) is 0 Å². The van der Waals surface area contributed by atoms with E-state index in [9.17, 15) is 18.4 Å². The van der Waals surface area contributed by atoms with Crippen LogP contribution in [-0.2, 0) is 4.74 Å². The zero-order valence-electron chi connectivity index (χ0n) is 10.2. The van der Waals surface area contributed by atoms with Crippen LogP contribution < -0.4 is 5.32 Å². The average molecular weight is 257 g/mol. The fourth-order valence-corrected chi connectivity index (χ4v) is 1.16. The Morgan fingerprint density at radius 1 is 1.28 bits per heavy atom. The van der Waals surface area contributed by atoms with E-state index in [1.807, 2.05) is 0 Å². The van der Waals surface area contributed by atoms with Crippen LogP contribution in [0.15, 0.2) is 12.1 Å². The minimum Gasteiger partial charge on any atom is -0.444 e. The molecule has 6 heteroatoms. The molecule has 0 spiro atoms. The van der Waals surface area contributed by atoms with Crippen LogP contribution in [0.3, 0.4) is 0 Å². The largest absolute Gasteiger partial charge is 0.444 e. The summed E-state index contributed by atoms with van der Waals surface area (Å²) in [7, 11) is 0. The van der Waals surface area contributed by atoms with Gasteiger partial charge in [0.15, 0.2) is 6.29 Å². The lowest BCUT2D eigenvalue weighted by molar-refractivity contribution is 0.0635. The van der Waals surface area contributed by atoms with Crippen molar-refractivity contribution in [2.75, 3.05) is 5.32 Å². The Morgan fingerprint density at radius 2 is 1.89 bits per heavy atom. The number of nitrogens with one attached hydrogen (secondary N) is 1. The SMILES string of the molecule is CC(C)(C)OC(=O)Nc1cc(F)c(C=O)cc1F. The van der Waals surface area contributed by atoms with Crippen molar-refractivity contribution in [2.45, 2.75) is 26.4 Å². The van der Waals surface area contributed by atoms with Gasteiger partial charge in [0.2, 0.25) is 0 Å². The van der Waals surface area contributed by atoms with Gasteiger partial charge in [-0.2, -0.15) is 0 Å². The lowest BCUT2D eigenvalue weighted by Crippen LogP contribution is -2.27. The number of rotatable bonds is 2.